The first kappa shape index (κ1) is 19.5. The summed E-state index contributed by atoms with van der Waals surface area (Å²) in [5.41, 5.74) is 0.252. The van der Waals surface area contributed by atoms with E-state index in [9.17, 15) is 24.8 Å². The van der Waals surface area contributed by atoms with Crippen molar-refractivity contribution in [1.82, 2.24) is 0 Å². The summed E-state index contributed by atoms with van der Waals surface area (Å²) in [6, 6.07) is 19.3. The summed E-state index contributed by atoms with van der Waals surface area (Å²) in [4.78, 5) is 34.8. The topological polar surface area (TPSA) is 112 Å². The Morgan fingerprint density at radius 2 is 1.52 bits per heavy atom. The van der Waals surface area contributed by atoms with E-state index in [0.717, 1.165) is 17.7 Å². The second kappa shape index (κ2) is 8.62. The number of amides is 1. The van der Waals surface area contributed by atoms with Crippen LogP contribution in [-0.2, 0) is 0 Å². The van der Waals surface area contributed by atoms with Crippen molar-refractivity contribution in [1.29, 1.82) is 0 Å². The number of hydrogen-bond acceptors (Lipinski definition) is 5. The van der Waals surface area contributed by atoms with E-state index in [1.54, 1.807) is 48.5 Å². The van der Waals surface area contributed by atoms with E-state index in [1.165, 1.54) is 6.08 Å². The van der Waals surface area contributed by atoms with Crippen LogP contribution in [0.3, 0.4) is 0 Å². The molecule has 7 nitrogen and oxygen atoms in total. The molecule has 0 aliphatic heterocycles. The van der Waals surface area contributed by atoms with Gasteiger partial charge in [-0.1, -0.05) is 54.6 Å². The van der Waals surface area contributed by atoms with Gasteiger partial charge in [0.05, 0.1) is 22.1 Å². The van der Waals surface area contributed by atoms with Crippen molar-refractivity contribution in [2.75, 3.05) is 5.32 Å². The number of carboxylic acid groups (broad SMARTS) is 1. The number of nitro benzene ring substituents is 1. The molecule has 0 heterocycles. The Morgan fingerprint density at radius 3 is 2.10 bits per heavy atom. The second-order valence-electron chi connectivity index (χ2n) is 6.07. The van der Waals surface area contributed by atoms with Crippen LogP contribution in [0.1, 0.15) is 31.8 Å². The molecule has 0 saturated carbocycles. The molecule has 0 aromatic heterocycles. The molecule has 0 radical (unpaired) electrons. The third kappa shape index (κ3) is 4.72. The molecule has 0 spiro atoms. The van der Waals surface area contributed by atoms with Gasteiger partial charge in [0.2, 0.25) is 0 Å². The monoisotopic (exact) mass is 387 g/mol. The maximum atomic E-state index is 12.4. The van der Waals surface area contributed by atoms with Crippen molar-refractivity contribution in [2.24, 2.45) is 0 Å². The predicted molar refractivity (Wildman–Crippen MR) is 107 cm³/mol. The van der Waals surface area contributed by atoms with Crippen molar-refractivity contribution in [3.8, 4) is 0 Å². The minimum absolute atomic E-state index is 0.0794. The van der Waals surface area contributed by atoms with Crippen molar-refractivity contribution < 1.29 is 19.6 Å². The molecule has 0 bridgehead atoms. The Bertz CT molecular complexity index is 1090. The van der Waals surface area contributed by atoms with Crippen LogP contribution in [0.4, 0.5) is 11.4 Å². The van der Waals surface area contributed by atoms with Gasteiger partial charge in [0.1, 0.15) is 0 Å². The van der Waals surface area contributed by atoms with Crippen LogP contribution in [0.15, 0.2) is 72.8 Å². The number of benzene rings is 3. The summed E-state index contributed by atoms with van der Waals surface area (Å²) in [5.74, 6) is -2.15. The van der Waals surface area contributed by atoms with Gasteiger partial charge >= 0.3 is 0 Å². The summed E-state index contributed by atoms with van der Waals surface area (Å²) >= 11 is 0. The standard InChI is InChI=1S/C22H16N2O5/c25-21(16-9-5-2-6-10-16)23-19-14-20(24(28)29)17(13-18(19)22(26)27)12-11-15-7-3-1-4-8-15/h1-14H,(H,23,25)(H,26,27)/p-1/b12-11+. The van der Waals surface area contributed by atoms with E-state index in [4.69, 9.17) is 0 Å². The van der Waals surface area contributed by atoms with Crippen LogP contribution in [0.2, 0.25) is 0 Å². The number of anilines is 1. The minimum Gasteiger partial charge on any atom is -0.545 e. The first-order valence-corrected chi connectivity index (χ1v) is 8.59. The Labute approximate surface area is 166 Å². The first-order valence-electron chi connectivity index (χ1n) is 8.59. The van der Waals surface area contributed by atoms with E-state index in [2.05, 4.69) is 5.32 Å². The number of hydrogen-bond donors (Lipinski definition) is 1. The molecule has 7 heteroatoms. The zero-order valence-corrected chi connectivity index (χ0v) is 15.1. The predicted octanol–water partition coefficient (Wildman–Crippen LogP) is 3.38. The van der Waals surface area contributed by atoms with Gasteiger partial charge in [0, 0.05) is 17.2 Å². The van der Waals surface area contributed by atoms with E-state index in [-0.39, 0.29) is 28.1 Å². The number of carboxylic acids is 1. The van der Waals surface area contributed by atoms with E-state index in [0.29, 0.717) is 0 Å². The molecular formula is C22H15N2O5-. The summed E-state index contributed by atoms with van der Waals surface area (Å²) in [5, 5.41) is 25.5. The van der Waals surface area contributed by atoms with Crippen molar-refractivity contribution in [2.45, 2.75) is 0 Å². The van der Waals surface area contributed by atoms with Gasteiger partial charge in [0.15, 0.2) is 0 Å². The molecule has 0 aliphatic rings. The summed E-state index contributed by atoms with van der Waals surface area (Å²) in [6.07, 6.45) is 3.08. The molecule has 0 atom stereocenters. The fourth-order valence-electron chi connectivity index (χ4n) is 2.70. The Kier molecular flexibility index (Phi) is 5.80. The van der Waals surface area contributed by atoms with Crippen LogP contribution in [-0.4, -0.2) is 16.8 Å². The van der Waals surface area contributed by atoms with Crippen LogP contribution in [0.25, 0.3) is 12.2 Å². The molecule has 0 fully saturated rings. The lowest BCUT2D eigenvalue weighted by Gasteiger charge is -2.13. The molecule has 0 aliphatic carbocycles. The first-order chi connectivity index (χ1) is 14.0. The molecule has 1 amide bonds. The highest BCUT2D eigenvalue weighted by atomic mass is 16.6. The smallest absolute Gasteiger partial charge is 0.278 e. The normalized spacial score (nSPS) is 10.6. The number of aromatic carboxylic acids is 1. The fraction of sp³-hybridized carbons (Fsp3) is 0. The van der Waals surface area contributed by atoms with Crippen LogP contribution in [0.5, 0.6) is 0 Å². The van der Waals surface area contributed by atoms with Gasteiger partial charge in [-0.05, 0) is 29.8 Å². The lowest BCUT2D eigenvalue weighted by atomic mass is 10.0. The SMILES string of the molecule is O=C(Nc1cc([N+](=O)[O-])c(/C=C/c2ccccc2)cc1C(=O)[O-])c1ccccc1. The van der Waals surface area contributed by atoms with Gasteiger partial charge in [-0.15, -0.1) is 0 Å². The van der Waals surface area contributed by atoms with Crippen LogP contribution in [0, 0.1) is 10.1 Å². The lowest BCUT2D eigenvalue weighted by molar-refractivity contribution is -0.385. The molecule has 1 N–H and O–H groups in total. The quantitative estimate of drug-likeness (QED) is 0.396. The molecule has 29 heavy (non-hydrogen) atoms. The van der Waals surface area contributed by atoms with Gasteiger partial charge in [-0.3, -0.25) is 14.9 Å². The summed E-state index contributed by atoms with van der Waals surface area (Å²) in [7, 11) is 0. The fourth-order valence-corrected chi connectivity index (χ4v) is 2.70. The molecule has 0 saturated heterocycles. The van der Waals surface area contributed by atoms with Crippen LogP contribution < -0.4 is 10.4 Å². The third-order valence-corrected chi connectivity index (χ3v) is 4.12. The van der Waals surface area contributed by atoms with Gasteiger partial charge in [-0.2, -0.15) is 0 Å². The van der Waals surface area contributed by atoms with E-state index in [1.807, 2.05) is 18.2 Å². The zero-order valence-electron chi connectivity index (χ0n) is 15.1. The molecule has 3 aromatic rings. The highest BCUT2D eigenvalue weighted by Gasteiger charge is 2.19. The zero-order chi connectivity index (χ0) is 20.8. The largest absolute Gasteiger partial charge is 0.545 e. The number of nitro groups is 1. The Morgan fingerprint density at radius 1 is 0.897 bits per heavy atom. The number of nitrogens with one attached hydrogen (secondary N) is 1. The maximum absolute atomic E-state index is 12.4. The molecule has 3 rings (SSSR count). The highest BCUT2D eigenvalue weighted by molar-refractivity contribution is 6.08. The highest BCUT2D eigenvalue weighted by Crippen LogP contribution is 2.29. The lowest BCUT2D eigenvalue weighted by Crippen LogP contribution is -2.25. The van der Waals surface area contributed by atoms with Gasteiger partial charge in [0.25, 0.3) is 11.6 Å². The number of rotatable bonds is 6. The molecule has 3 aromatic carbocycles. The molecule has 0 unspecified atom stereocenters. The van der Waals surface area contributed by atoms with E-state index >= 15 is 0 Å². The van der Waals surface area contributed by atoms with E-state index < -0.39 is 16.8 Å². The van der Waals surface area contributed by atoms with Gasteiger partial charge in [-0.25, -0.2) is 0 Å². The summed E-state index contributed by atoms with van der Waals surface area (Å²) in [6.45, 7) is 0. The average molecular weight is 387 g/mol. The minimum atomic E-state index is -1.56. The third-order valence-electron chi connectivity index (χ3n) is 4.12. The van der Waals surface area contributed by atoms with Crippen LogP contribution >= 0.6 is 0 Å². The van der Waals surface area contributed by atoms with Crippen molar-refractivity contribution >= 4 is 35.4 Å². The molecule has 144 valence electrons. The number of carbonyl (C=O) groups is 2. The van der Waals surface area contributed by atoms with Crippen molar-refractivity contribution in [3.05, 3.63) is 105 Å². The molecular weight excluding hydrogens is 372 g/mol. The Hall–Kier alpha value is -4.26. The number of carbonyl (C=O) groups excluding carboxylic acids is 2. The average Bonchev–Trinajstić information content (AvgIpc) is 2.73. The summed E-state index contributed by atoms with van der Waals surface area (Å²) < 4.78 is 0. The van der Waals surface area contributed by atoms with Gasteiger partial charge < -0.3 is 15.2 Å². The van der Waals surface area contributed by atoms with Crippen molar-refractivity contribution in [3.63, 3.8) is 0 Å². The second-order valence-corrected chi connectivity index (χ2v) is 6.07. The maximum Gasteiger partial charge on any atom is 0.278 e. The Balaban J connectivity index is 2.02. The number of nitrogens with zero attached hydrogens (tertiary/aromatic N) is 1.